The van der Waals surface area contributed by atoms with Crippen LogP contribution in [0.1, 0.15) is 28.3 Å². The first-order chi connectivity index (χ1) is 10.2. The highest BCUT2D eigenvalue weighted by molar-refractivity contribution is 6.14. The lowest BCUT2D eigenvalue weighted by molar-refractivity contribution is 1.14. The van der Waals surface area contributed by atoms with Crippen molar-refractivity contribution >= 4 is 7.85 Å². The van der Waals surface area contributed by atoms with Gasteiger partial charge >= 0.3 is 0 Å². The molecule has 2 aromatic carbocycles. The molecule has 0 spiro atoms. The van der Waals surface area contributed by atoms with Gasteiger partial charge in [0.15, 0.2) is 0 Å². The van der Waals surface area contributed by atoms with E-state index in [1.54, 1.807) is 6.33 Å². The zero-order valence-corrected chi connectivity index (χ0v) is 12.5. The number of hydrogen-bond acceptors (Lipinski definition) is 1. The van der Waals surface area contributed by atoms with E-state index in [2.05, 4.69) is 34.2 Å². The maximum atomic E-state index is 6.12. The Bertz CT molecular complexity index is 591. The maximum absolute atomic E-state index is 6.12. The number of H-pyrrole nitrogens is 1. The second kappa shape index (κ2) is 7.48. The van der Waals surface area contributed by atoms with E-state index in [9.17, 15) is 0 Å². The minimum Gasteiger partial charge on any atom is -0.348 e. The van der Waals surface area contributed by atoms with Crippen molar-refractivity contribution in [3.63, 3.8) is 0 Å². The summed E-state index contributed by atoms with van der Waals surface area (Å²) in [6.45, 7) is 3.98. The molecule has 0 aliphatic carbocycles. The second-order valence-electron chi connectivity index (χ2n) is 4.91. The average Bonchev–Trinajstić information content (AvgIpc) is 2.92. The summed E-state index contributed by atoms with van der Waals surface area (Å²) in [4.78, 5) is 6.92. The van der Waals surface area contributed by atoms with Crippen LogP contribution in [0, 0.1) is 13.8 Å². The molecule has 104 valence electrons. The van der Waals surface area contributed by atoms with Crippen molar-refractivity contribution < 1.29 is 0 Å². The third-order valence-electron chi connectivity index (χ3n) is 3.40. The quantitative estimate of drug-likeness (QED) is 0.704. The van der Waals surface area contributed by atoms with Crippen molar-refractivity contribution in [2.75, 3.05) is 0 Å². The van der Waals surface area contributed by atoms with Gasteiger partial charge in [0.2, 0.25) is 0 Å². The lowest BCUT2D eigenvalue weighted by Crippen LogP contribution is -1.99. The molecule has 1 N–H and O–H groups in total. The van der Waals surface area contributed by atoms with Gasteiger partial charge in [0, 0.05) is 5.69 Å². The van der Waals surface area contributed by atoms with Gasteiger partial charge in [-0.2, -0.15) is 0 Å². The molecule has 2 nitrogen and oxygen atoms in total. The van der Waals surface area contributed by atoms with Gasteiger partial charge in [-0.3, -0.25) is 0 Å². The van der Waals surface area contributed by atoms with Crippen LogP contribution >= 0.6 is 0 Å². The van der Waals surface area contributed by atoms with Crippen LogP contribution in [0.25, 0.3) is 0 Å². The molecule has 0 aliphatic rings. The fourth-order valence-electron chi connectivity index (χ4n) is 1.94. The third kappa shape index (κ3) is 4.35. The van der Waals surface area contributed by atoms with Crippen LogP contribution in [0.5, 0.6) is 0 Å². The highest BCUT2D eigenvalue weighted by Crippen LogP contribution is 2.20. The van der Waals surface area contributed by atoms with Crippen LogP contribution in [0.3, 0.4) is 0 Å². The SMILES string of the molecule is Cc1nc[nH]c1C.[B]C(c1ccccc1)c1ccccc1. The van der Waals surface area contributed by atoms with Crippen molar-refractivity contribution in [1.29, 1.82) is 0 Å². The summed E-state index contributed by atoms with van der Waals surface area (Å²) in [5.74, 6) is -0.0163. The van der Waals surface area contributed by atoms with E-state index in [-0.39, 0.29) is 5.82 Å². The number of nitrogens with zero attached hydrogens (tertiary/aromatic N) is 1. The van der Waals surface area contributed by atoms with Gasteiger partial charge in [-0.05, 0) is 30.8 Å². The molecular weight excluding hydrogens is 255 g/mol. The van der Waals surface area contributed by atoms with Gasteiger partial charge in [-0.15, -0.1) is 0 Å². The lowest BCUT2D eigenvalue weighted by Gasteiger charge is -2.12. The first kappa shape index (κ1) is 15.1. The van der Waals surface area contributed by atoms with Gasteiger partial charge in [-0.25, -0.2) is 4.98 Å². The Balaban J connectivity index is 0.000000194. The Kier molecular flexibility index (Phi) is 5.39. The zero-order chi connectivity index (χ0) is 15.1. The molecule has 3 heteroatoms. The Labute approximate surface area is 127 Å². The standard InChI is InChI=1S/C13H11B.C5H8N2/c14-13(11-7-3-1-4-8-11)12-9-5-2-6-10-12;1-4-5(2)7-3-6-4/h1-10,13H;3H,1-2H3,(H,6,7). The summed E-state index contributed by atoms with van der Waals surface area (Å²) in [6.07, 6.45) is 1.70. The largest absolute Gasteiger partial charge is 0.348 e. The maximum Gasteiger partial charge on any atom is 0.0925 e. The van der Waals surface area contributed by atoms with Crippen LogP contribution in [0.4, 0.5) is 0 Å². The van der Waals surface area contributed by atoms with Crippen molar-refractivity contribution in [3.8, 4) is 0 Å². The second-order valence-corrected chi connectivity index (χ2v) is 4.91. The topological polar surface area (TPSA) is 28.7 Å². The molecule has 0 saturated carbocycles. The van der Waals surface area contributed by atoms with E-state index in [1.807, 2.05) is 50.2 Å². The van der Waals surface area contributed by atoms with Gasteiger partial charge in [0.25, 0.3) is 0 Å². The summed E-state index contributed by atoms with van der Waals surface area (Å²) in [5.41, 5.74) is 4.54. The number of rotatable bonds is 2. The summed E-state index contributed by atoms with van der Waals surface area (Å²) < 4.78 is 0. The average molecular weight is 274 g/mol. The van der Waals surface area contributed by atoms with Crippen molar-refractivity contribution in [1.82, 2.24) is 9.97 Å². The van der Waals surface area contributed by atoms with E-state index in [1.165, 1.54) is 0 Å². The van der Waals surface area contributed by atoms with Crippen LogP contribution in [-0.4, -0.2) is 17.8 Å². The smallest absolute Gasteiger partial charge is 0.0925 e. The number of benzene rings is 2. The molecule has 0 atom stereocenters. The third-order valence-corrected chi connectivity index (χ3v) is 3.40. The molecule has 0 amide bonds. The highest BCUT2D eigenvalue weighted by Gasteiger charge is 2.05. The van der Waals surface area contributed by atoms with Crippen molar-refractivity contribution in [3.05, 3.63) is 89.5 Å². The monoisotopic (exact) mass is 274 g/mol. The van der Waals surface area contributed by atoms with Crippen LogP contribution in [-0.2, 0) is 0 Å². The normalized spacial score (nSPS) is 10.0. The molecule has 0 saturated heterocycles. The van der Waals surface area contributed by atoms with E-state index in [0.29, 0.717) is 0 Å². The fraction of sp³-hybridized carbons (Fsp3) is 0.167. The first-order valence-electron chi connectivity index (χ1n) is 7.00. The number of aryl methyl sites for hydroxylation is 2. The van der Waals surface area contributed by atoms with E-state index in [4.69, 9.17) is 7.85 Å². The van der Waals surface area contributed by atoms with E-state index >= 15 is 0 Å². The summed E-state index contributed by atoms with van der Waals surface area (Å²) >= 11 is 0. The minimum atomic E-state index is -0.0163. The number of hydrogen-bond donors (Lipinski definition) is 1. The van der Waals surface area contributed by atoms with Gasteiger partial charge in [0.05, 0.1) is 19.9 Å². The molecule has 0 bridgehead atoms. The number of aromatic nitrogens is 2. The molecule has 0 fully saturated rings. The van der Waals surface area contributed by atoms with E-state index < -0.39 is 0 Å². The van der Waals surface area contributed by atoms with Gasteiger partial charge < -0.3 is 4.98 Å². The molecule has 2 radical (unpaired) electrons. The number of nitrogens with one attached hydrogen (secondary N) is 1. The molecule has 3 rings (SSSR count). The zero-order valence-electron chi connectivity index (χ0n) is 12.5. The number of imidazole rings is 1. The van der Waals surface area contributed by atoms with Crippen LogP contribution in [0.2, 0.25) is 0 Å². The van der Waals surface area contributed by atoms with Gasteiger partial charge in [-0.1, -0.05) is 60.7 Å². The Morgan fingerprint density at radius 3 is 1.62 bits per heavy atom. The number of aromatic amines is 1. The Morgan fingerprint density at radius 2 is 1.33 bits per heavy atom. The summed E-state index contributed by atoms with van der Waals surface area (Å²) in [6, 6.07) is 20.3. The fourth-order valence-corrected chi connectivity index (χ4v) is 1.94. The molecular formula is C18H19BN2. The van der Waals surface area contributed by atoms with Crippen LogP contribution in [0.15, 0.2) is 67.0 Å². The molecule has 1 heterocycles. The predicted molar refractivity (Wildman–Crippen MR) is 88.5 cm³/mol. The van der Waals surface area contributed by atoms with Crippen LogP contribution < -0.4 is 0 Å². The summed E-state index contributed by atoms with van der Waals surface area (Å²) in [5, 5.41) is 0. The molecule has 3 aromatic rings. The van der Waals surface area contributed by atoms with E-state index in [0.717, 1.165) is 22.5 Å². The first-order valence-corrected chi connectivity index (χ1v) is 7.00. The lowest BCUT2D eigenvalue weighted by atomic mass is 9.76. The molecule has 1 aromatic heterocycles. The molecule has 21 heavy (non-hydrogen) atoms. The molecule has 0 unspecified atom stereocenters. The Morgan fingerprint density at radius 1 is 0.857 bits per heavy atom. The highest BCUT2D eigenvalue weighted by atomic mass is 14.9. The molecule has 0 aliphatic heterocycles. The van der Waals surface area contributed by atoms with Crippen molar-refractivity contribution in [2.45, 2.75) is 19.7 Å². The minimum absolute atomic E-state index is 0.0163. The van der Waals surface area contributed by atoms with Gasteiger partial charge in [0.1, 0.15) is 0 Å². The Hall–Kier alpha value is -2.29. The summed E-state index contributed by atoms with van der Waals surface area (Å²) in [7, 11) is 6.12. The van der Waals surface area contributed by atoms with Crippen molar-refractivity contribution in [2.24, 2.45) is 0 Å². The predicted octanol–water partition coefficient (Wildman–Crippen LogP) is 3.97.